The summed E-state index contributed by atoms with van der Waals surface area (Å²) in [6, 6.07) is 0. The van der Waals surface area contributed by atoms with Crippen molar-refractivity contribution < 1.29 is 14.7 Å². The Labute approximate surface area is 117 Å². The molecule has 0 bridgehead atoms. The Kier molecular flexibility index (Phi) is 11.2. The molecule has 0 saturated heterocycles. The van der Waals surface area contributed by atoms with E-state index in [0.717, 1.165) is 32.1 Å². The van der Waals surface area contributed by atoms with E-state index < -0.39 is 11.9 Å². The van der Waals surface area contributed by atoms with Gasteiger partial charge in [-0.1, -0.05) is 51.2 Å². The molecule has 0 aromatic carbocycles. The Morgan fingerprint density at radius 1 is 1.00 bits per heavy atom. The Hall–Kier alpha value is -1.12. The van der Waals surface area contributed by atoms with Crippen LogP contribution >= 0.6 is 0 Å². The Balaban J connectivity index is 3.47. The molecule has 0 saturated carbocycles. The van der Waals surface area contributed by atoms with Crippen LogP contribution in [0.4, 0.5) is 0 Å². The van der Waals surface area contributed by atoms with E-state index in [9.17, 15) is 9.59 Å². The fraction of sp³-hybridized carbons (Fsp3) is 0.750. The fourth-order valence-electron chi connectivity index (χ4n) is 2.02. The van der Waals surface area contributed by atoms with Crippen molar-refractivity contribution in [1.29, 1.82) is 0 Å². The van der Waals surface area contributed by atoms with E-state index in [1.165, 1.54) is 26.2 Å². The molecule has 19 heavy (non-hydrogen) atoms. The maximum absolute atomic E-state index is 11.1. The lowest BCUT2D eigenvalue weighted by Crippen LogP contribution is -2.21. The molecule has 0 radical (unpaired) electrons. The van der Waals surface area contributed by atoms with Gasteiger partial charge in [0.05, 0.1) is 0 Å². The lowest BCUT2D eigenvalue weighted by atomic mass is 9.97. The van der Waals surface area contributed by atoms with E-state index in [-0.39, 0.29) is 5.78 Å². The van der Waals surface area contributed by atoms with Crippen molar-refractivity contribution >= 4 is 11.8 Å². The summed E-state index contributed by atoms with van der Waals surface area (Å²) < 4.78 is 0. The number of ketones is 1. The van der Waals surface area contributed by atoms with E-state index in [4.69, 9.17) is 5.11 Å². The van der Waals surface area contributed by atoms with Crippen molar-refractivity contribution in [3.8, 4) is 0 Å². The van der Waals surface area contributed by atoms with Gasteiger partial charge in [-0.2, -0.15) is 0 Å². The van der Waals surface area contributed by atoms with Gasteiger partial charge in [-0.3, -0.25) is 9.59 Å². The number of allylic oxidation sites excluding steroid dienone is 2. The highest BCUT2D eigenvalue weighted by molar-refractivity contribution is 5.96. The second kappa shape index (κ2) is 11.9. The molecule has 0 aromatic heterocycles. The van der Waals surface area contributed by atoms with Crippen molar-refractivity contribution in [2.45, 2.75) is 71.6 Å². The van der Waals surface area contributed by atoms with Crippen LogP contribution in [-0.4, -0.2) is 16.9 Å². The number of hydrogen-bond acceptors (Lipinski definition) is 2. The van der Waals surface area contributed by atoms with E-state index in [2.05, 4.69) is 19.1 Å². The van der Waals surface area contributed by atoms with Crippen LogP contribution in [0.25, 0.3) is 0 Å². The molecule has 0 amide bonds. The van der Waals surface area contributed by atoms with Gasteiger partial charge in [-0.15, -0.1) is 0 Å². The number of Topliss-reactive ketones (excluding diaryl/α,β-unsaturated/α-hetero) is 1. The maximum Gasteiger partial charge on any atom is 0.314 e. The van der Waals surface area contributed by atoms with Crippen LogP contribution < -0.4 is 0 Å². The molecule has 0 aromatic rings. The average Bonchev–Trinajstić information content (AvgIpc) is 2.35. The highest BCUT2D eigenvalue weighted by atomic mass is 16.4. The van der Waals surface area contributed by atoms with Crippen LogP contribution in [0.3, 0.4) is 0 Å². The number of unbranched alkanes of at least 4 members (excludes halogenated alkanes) is 6. The van der Waals surface area contributed by atoms with E-state index in [1.54, 1.807) is 0 Å². The summed E-state index contributed by atoms with van der Waals surface area (Å²) in [4.78, 5) is 21.9. The van der Waals surface area contributed by atoms with Crippen LogP contribution in [0.5, 0.6) is 0 Å². The van der Waals surface area contributed by atoms with Gasteiger partial charge >= 0.3 is 5.97 Å². The molecule has 3 heteroatoms. The van der Waals surface area contributed by atoms with Crippen molar-refractivity contribution in [2.24, 2.45) is 5.92 Å². The van der Waals surface area contributed by atoms with Crippen LogP contribution in [-0.2, 0) is 9.59 Å². The molecule has 0 fully saturated rings. The molecular weight excluding hydrogens is 240 g/mol. The third kappa shape index (κ3) is 10.5. The number of carbonyl (C=O) groups is 2. The normalized spacial score (nSPS) is 12.7. The summed E-state index contributed by atoms with van der Waals surface area (Å²) in [6.07, 6.45) is 13.9. The van der Waals surface area contributed by atoms with Crippen molar-refractivity contribution in [2.75, 3.05) is 0 Å². The van der Waals surface area contributed by atoms with Crippen molar-refractivity contribution in [3.63, 3.8) is 0 Å². The molecule has 0 rings (SSSR count). The molecule has 0 aliphatic carbocycles. The highest BCUT2D eigenvalue weighted by Crippen LogP contribution is 2.13. The van der Waals surface area contributed by atoms with Crippen LogP contribution in [0.1, 0.15) is 71.6 Å². The Morgan fingerprint density at radius 2 is 1.58 bits per heavy atom. The lowest BCUT2D eigenvalue weighted by Gasteiger charge is -2.07. The Morgan fingerprint density at radius 3 is 2.11 bits per heavy atom. The van der Waals surface area contributed by atoms with Crippen molar-refractivity contribution in [3.05, 3.63) is 12.2 Å². The molecule has 1 atom stereocenters. The topological polar surface area (TPSA) is 54.4 Å². The summed E-state index contributed by atoms with van der Waals surface area (Å²) in [5.74, 6) is -2.01. The molecule has 0 aliphatic heterocycles. The summed E-state index contributed by atoms with van der Waals surface area (Å²) >= 11 is 0. The van der Waals surface area contributed by atoms with Gasteiger partial charge < -0.3 is 5.11 Å². The first-order valence-corrected chi connectivity index (χ1v) is 7.47. The van der Waals surface area contributed by atoms with Gasteiger partial charge in [-0.25, -0.2) is 0 Å². The van der Waals surface area contributed by atoms with E-state index in [0.29, 0.717) is 6.42 Å². The SMILES string of the molecule is CCCC/C=C/CCCCCCC(C(C)=O)C(=O)O. The van der Waals surface area contributed by atoms with Gasteiger partial charge in [0, 0.05) is 0 Å². The first-order valence-electron chi connectivity index (χ1n) is 7.47. The van der Waals surface area contributed by atoms with Gasteiger partial charge in [0.1, 0.15) is 11.7 Å². The zero-order chi connectivity index (χ0) is 14.5. The molecule has 1 unspecified atom stereocenters. The Bertz CT molecular complexity index is 268. The standard InChI is InChI=1S/C16H28O3/c1-3-4-5-6-7-8-9-10-11-12-13-15(14(2)17)16(18)19/h6-7,15H,3-5,8-13H2,1-2H3,(H,18,19)/b7-6+. The number of aliphatic carboxylic acids is 1. The minimum Gasteiger partial charge on any atom is -0.481 e. The predicted octanol–water partition coefficient (Wildman–Crippen LogP) is 4.36. The molecule has 0 heterocycles. The minimum atomic E-state index is -0.980. The predicted molar refractivity (Wildman–Crippen MR) is 78.2 cm³/mol. The number of carbonyl (C=O) groups excluding carboxylic acids is 1. The third-order valence-corrected chi connectivity index (χ3v) is 3.29. The summed E-state index contributed by atoms with van der Waals surface area (Å²) in [5.41, 5.74) is 0. The first kappa shape index (κ1) is 17.9. The highest BCUT2D eigenvalue weighted by Gasteiger charge is 2.21. The van der Waals surface area contributed by atoms with Crippen LogP contribution in [0.2, 0.25) is 0 Å². The first-order chi connectivity index (χ1) is 9.09. The average molecular weight is 268 g/mol. The second-order valence-electron chi connectivity index (χ2n) is 5.11. The quantitative estimate of drug-likeness (QED) is 0.325. The summed E-state index contributed by atoms with van der Waals surface area (Å²) in [7, 11) is 0. The maximum atomic E-state index is 11.1. The fourth-order valence-corrected chi connectivity index (χ4v) is 2.02. The zero-order valence-corrected chi connectivity index (χ0v) is 12.4. The molecule has 3 nitrogen and oxygen atoms in total. The number of carboxylic acids is 1. The number of rotatable bonds is 12. The zero-order valence-electron chi connectivity index (χ0n) is 12.4. The third-order valence-electron chi connectivity index (χ3n) is 3.29. The summed E-state index contributed by atoms with van der Waals surface area (Å²) in [6.45, 7) is 3.55. The number of carboxylic acid groups (broad SMARTS) is 1. The molecule has 0 spiro atoms. The largest absolute Gasteiger partial charge is 0.481 e. The number of hydrogen-bond donors (Lipinski definition) is 1. The monoisotopic (exact) mass is 268 g/mol. The van der Waals surface area contributed by atoms with Gasteiger partial charge in [-0.05, 0) is 32.6 Å². The second-order valence-corrected chi connectivity index (χ2v) is 5.11. The molecule has 0 aliphatic rings. The molecular formula is C16H28O3. The van der Waals surface area contributed by atoms with Crippen LogP contribution in [0, 0.1) is 5.92 Å². The smallest absolute Gasteiger partial charge is 0.314 e. The lowest BCUT2D eigenvalue weighted by molar-refractivity contribution is -0.146. The van der Waals surface area contributed by atoms with E-state index in [1.807, 2.05) is 0 Å². The van der Waals surface area contributed by atoms with E-state index >= 15 is 0 Å². The minimum absolute atomic E-state index is 0.230. The van der Waals surface area contributed by atoms with Crippen molar-refractivity contribution in [1.82, 2.24) is 0 Å². The van der Waals surface area contributed by atoms with Gasteiger partial charge in [0.15, 0.2) is 0 Å². The molecule has 110 valence electrons. The van der Waals surface area contributed by atoms with Crippen LogP contribution in [0.15, 0.2) is 12.2 Å². The molecule has 1 N–H and O–H groups in total. The van der Waals surface area contributed by atoms with Gasteiger partial charge in [0.2, 0.25) is 0 Å². The summed E-state index contributed by atoms with van der Waals surface area (Å²) in [5, 5.41) is 8.86. The van der Waals surface area contributed by atoms with Gasteiger partial charge in [0.25, 0.3) is 0 Å².